The molecule has 5 heteroatoms. The summed E-state index contributed by atoms with van der Waals surface area (Å²) in [6.07, 6.45) is 0.246. The Morgan fingerprint density at radius 1 is 0.967 bits per heavy atom. The Morgan fingerprint density at radius 2 is 1.77 bits per heavy atom. The minimum atomic E-state index is -0.908. The first kappa shape index (κ1) is 21.4. The van der Waals surface area contributed by atoms with E-state index in [4.69, 9.17) is 14.6 Å². The Kier molecular flexibility index (Phi) is 7.07. The second kappa shape index (κ2) is 9.92. The van der Waals surface area contributed by atoms with E-state index in [0.29, 0.717) is 17.2 Å². The minimum Gasteiger partial charge on any atom is -0.486 e. The van der Waals surface area contributed by atoms with Crippen molar-refractivity contribution in [3.05, 3.63) is 89.2 Å². The van der Waals surface area contributed by atoms with E-state index in [9.17, 15) is 9.18 Å². The van der Waals surface area contributed by atoms with E-state index >= 15 is 0 Å². The number of hydrogen-bond donors (Lipinski definition) is 1. The van der Waals surface area contributed by atoms with Crippen molar-refractivity contribution in [1.29, 1.82) is 0 Å². The third-order valence-corrected chi connectivity index (χ3v) is 4.69. The van der Waals surface area contributed by atoms with Gasteiger partial charge in [-0.1, -0.05) is 50.2 Å². The van der Waals surface area contributed by atoms with Gasteiger partial charge in [-0.25, -0.2) is 4.39 Å². The van der Waals surface area contributed by atoms with Gasteiger partial charge in [0.2, 0.25) is 0 Å². The van der Waals surface area contributed by atoms with Gasteiger partial charge >= 0.3 is 5.97 Å². The van der Waals surface area contributed by atoms with E-state index in [0.717, 1.165) is 16.9 Å². The Bertz CT molecular complexity index is 1010. The lowest BCUT2D eigenvalue weighted by Gasteiger charge is -2.14. The maximum Gasteiger partial charge on any atom is 0.303 e. The van der Waals surface area contributed by atoms with E-state index in [2.05, 4.69) is 19.9 Å². The van der Waals surface area contributed by atoms with Crippen molar-refractivity contribution in [3.8, 4) is 17.2 Å². The average Bonchev–Trinajstić information content (AvgIpc) is 2.72. The van der Waals surface area contributed by atoms with Crippen LogP contribution in [0.4, 0.5) is 4.39 Å². The Hall–Kier alpha value is -3.34. The van der Waals surface area contributed by atoms with Crippen molar-refractivity contribution >= 4 is 5.97 Å². The number of hydrogen-bond acceptors (Lipinski definition) is 3. The SMILES string of the molecule is CC(C)c1ccccc1Oc1cccc(COc2ccc(CCC(=O)O)cc2F)c1. The standard InChI is InChI=1S/C25H25FO4/c1-17(2)21-8-3-4-9-23(21)30-20-7-5-6-19(14-20)16-29-24-12-10-18(15-22(24)26)11-13-25(27)28/h3-10,12,14-15,17H,11,13,16H2,1-2H3,(H,27,28). The molecular formula is C25H25FO4. The number of halogens is 1. The highest BCUT2D eigenvalue weighted by Crippen LogP contribution is 2.31. The van der Waals surface area contributed by atoms with Crippen LogP contribution in [0.15, 0.2) is 66.7 Å². The van der Waals surface area contributed by atoms with Crippen LogP contribution in [0.1, 0.15) is 42.9 Å². The van der Waals surface area contributed by atoms with E-state index in [1.165, 1.54) is 12.1 Å². The maximum atomic E-state index is 14.3. The number of carboxylic acid groups (broad SMARTS) is 1. The van der Waals surface area contributed by atoms with Crippen molar-refractivity contribution in [2.24, 2.45) is 0 Å². The molecule has 0 aliphatic heterocycles. The summed E-state index contributed by atoms with van der Waals surface area (Å²) in [5.74, 6) is 0.562. The predicted octanol–water partition coefficient (Wildman–Crippen LogP) is 6.34. The number of aliphatic carboxylic acids is 1. The first-order valence-corrected chi connectivity index (χ1v) is 9.91. The molecule has 3 aromatic carbocycles. The normalized spacial score (nSPS) is 10.8. The Balaban J connectivity index is 1.65. The van der Waals surface area contributed by atoms with Crippen molar-refractivity contribution in [2.75, 3.05) is 0 Å². The summed E-state index contributed by atoms with van der Waals surface area (Å²) in [5.41, 5.74) is 2.61. The van der Waals surface area contributed by atoms with Crippen molar-refractivity contribution in [1.82, 2.24) is 0 Å². The zero-order valence-corrected chi connectivity index (χ0v) is 17.1. The summed E-state index contributed by atoms with van der Waals surface area (Å²) < 4.78 is 26.0. The molecule has 0 fully saturated rings. The highest BCUT2D eigenvalue weighted by Gasteiger charge is 2.10. The van der Waals surface area contributed by atoms with Gasteiger partial charge in [0.25, 0.3) is 0 Å². The van der Waals surface area contributed by atoms with Crippen LogP contribution in [0.2, 0.25) is 0 Å². The summed E-state index contributed by atoms with van der Waals surface area (Å²) in [7, 11) is 0. The van der Waals surface area contributed by atoms with Crippen LogP contribution >= 0.6 is 0 Å². The van der Waals surface area contributed by atoms with Gasteiger partial charge in [0, 0.05) is 6.42 Å². The molecule has 0 aromatic heterocycles. The van der Waals surface area contributed by atoms with Gasteiger partial charge < -0.3 is 14.6 Å². The van der Waals surface area contributed by atoms with Crippen molar-refractivity contribution in [2.45, 2.75) is 39.2 Å². The molecule has 3 rings (SSSR count). The first-order chi connectivity index (χ1) is 14.4. The largest absolute Gasteiger partial charge is 0.486 e. The molecule has 1 N–H and O–H groups in total. The van der Waals surface area contributed by atoms with Gasteiger partial charge in [-0.15, -0.1) is 0 Å². The number of aryl methyl sites for hydroxylation is 1. The van der Waals surface area contributed by atoms with E-state index in [1.807, 2.05) is 42.5 Å². The molecule has 0 aliphatic rings. The molecule has 0 saturated heterocycles. The molecule has 0 aliphatic carbocycles. The van der Waals surface area contributed by atoms with Crippen LogP contribution in [-0.2, 0) is 17.8 Å². The van der Waals surface area contributed by atoms with Crippen molar-refractivity contribution < 1.29 is 23.8 Å². The van der Waals surface area contributed by atoms with Crippen molar-refractivity contribution in [3.63, 3.8) is 0 Å². The summed E-state index contributed by atoms with van der Waals surface area (Å²) in [4.78, 5) is 10.6. The van der Waals surface area contributed by atoms with E-state index in [1.54, 1.807) is 6.07 Å². The molecule has 3 aromatic rings. The average molecular weight is 408 g/mol. The molecule has 0 bridgehead atoms. The summed E-state index contributed by atoms with van der Waals surface area (Å²) in [5, 5.41) is 8.74. The Labute approximate surface area is 175 Å². The van der Waals surface area contributed by atoms with Gasteiger partial charge in [0.15, 0.2) is 11.6 Å². The molecule has 0 heterocycles. The molecule has 0 atom stereocenters. The van der Waals surface area contributed by atoms with Crippen LogP contribution in [0.3, 0.4) is 0 Å². The highest BCUT2D eigenvalue weighted by molar-refractivity contribution is 5.67. The van der Waals surface area contributed by atoms with Crippen LogP contribution in [0, 0.1) is 5.82 Å². The number of para-hydroxylation sites is 1. The predicted molar refractivity (Wildman–Crippen MR) is 114 cm³/mol. The van der Waals surface area contributed by atoms with Gasteiger partial charge in [0.1, 0.15) is 18.1 Å². The van der Waals surface area contributed by atoms with Gasteiger partial charge in [-0.2, -0.15) is 0 Å². The summed E-state index contributed by atoms with van der Waals surface area (Å²) in [6, 6.07) is 20.0. The lowest BCUT2D eigenvalue weighted by atomic mass is 10.0. The molecule has 0 spiro atoms. The number of rotatable bonds is 9. The van der Waals surface area contributed by atoms with Crippen LogP contribution < -0.4 is 9.47 Å². The zero-order chi connectivity index (χ0) is 21.5. The number of carbonyl (C=O) groups is 1. The number of carboxylic acids is 1. The molecule has 0 radical (unpaired) electrons. The third kappa shape index (κ3) is 5.83. The van der Waals surface area contributed by atoms with E-state index in [-0.39, 0.29) is 25.2 Å². The number of benzene rings is 3. The Morgan fingerprint density at radius 3 is 2.50 bits per heavy atom. The molecule has 0 amide bonds. The lowest BCUT2D eigenvalue weighted by molar-refractivity contribution is -0.136. The first-order valence-electron chi connectivity index (χ1n) is 9.91. The molecule has 0 unspecified atom stereocenters. The fourth-order valence-electron chi connectivity index (χ4n) is 3.11. The lowest BCUT2D eigenvalue weighted by Crippen LogP contribution is -2.00. The molecular weight excluding hydrogens is 383 g/mol. The van der Waals surface area contributed by atoms with Gasteiger partial charge in [-0.05, 0) is 59.4 Å². The maximum absolute atomic E-state index is 14.3. The zero-order valence-electron chi connectivity index (χ0n) is 17.1. The number of ether oxygens (including phenoxy) is 2. The van der Waals surface area contributed by atoms with Crippen LogP contribution in [0.5, 0.6) is 17.2 Å². The van der Waals surface area contributed by atoms with Gasteiger partial charge in [0.05, 0.1) is 0 Å². The smallest absolute Gasteiger partial charge is 0.303 e. The fourth-order valence-corrected chi connectivity index (χ4v) is 3.11. The molecule has 0 saturated carbocycles. The van der Waals surface area contributed by atoms with Crippen LogP contribution in [-0.4, -0.2) is 11.1 Å². The van der Waals surface area contributed by atoms with Crippen LogP contribution in [0.25, 0.3) is 0 Å². The second-order valence-electron chi connectivity index (χ2n) is 7.39. The highest BCUT2D eigenvalue weighted by atomic mass is 19.1. The third-order valence-electron chi connectivity index (χ3n) is 4.69. The molecule has 156 valence electrons. The second-order valence-corrected chi connectivity index (χ2v) is 7.39. The monoisotopic (exact) mass is 408 g/mol. The van der Waals surface area contributed by atoms with Gasteiger partial charge in [-0.3, -0.25) is 4.79 Å². The van der Waals surface area contributed by atoms with E-state index < -0.39 is 11.8 Å². The topological polar surface area (TPSA) is 55.8 Å². The molecule has 4 nitrogen and oxygen atoms in total. The fraction of sp³-hybridized carbons (Fsp3) is 0.240. The molecule has 30 heavy (non-hydrogen) atoms. The summed E-state index contributed by atoms with van der Waals surface area (Å²) >= 11 is 0. The quantitative estimate of drug-likeness (QED) is 0.449. The summed E-state index contributed by atoms with van der Waals surface area (Å²) in [6.45, 7) is 4.43. The minimum absolute atomic E-state index is 0.0353.